The number of unbranched alkanes of at least 4 members (excludes halogenated alkanes) is 1. The molecule has 116 valence electrons. The standard InChI is InChI=1S/C13H13N3O6/c1-2-3-6-14-11-9-7-8(15(18)19)4-5-10(9)22-13(17)12(11)16(20)21/h4-5,7,14H,2-3,6H2,1H3. The summed E-state index contributed by atoms with van der Waals surface area (Å²) in [6, 6.07) is 3.58. The second kappa shape index (κ2) is 6.20. The van der Waals surface area contributed by atoms with Crippen molar-refractivity contribution in [1.82, 2.24) is 0 Å². The van der Waals surface area contributed by atoms with E-state index >= 15 is 0 Å². The van der Waals surface area contributed by atoms with Gasteiger partial charge in [-0.3, -0.25) is 20.2 Å². The van der Waals surface area contributed by atoms with E-state index in [1.54, 1.807) is 0 Å². The molecule has 0 aliphatic heterocycles. The van der Waals surface area contributed by atoms with Gasteiger partial charge in [0.2, 0.25) is 0 Å². The highest BCUT2D eigenvalue weighted by Gasteiger charge is 2.25. The molecular weight excluding hydrogens is 294 g/mol. The highest BCUT2D eigenvalue weighted by atomic mass is 16.6. The molecule has 9 heteroatoms. The van der Waals surface area contributed by atoms with Crippen LogP contribution in [0.5, 0.6) is 0 Å². The summed E-state index contributed by atoms with van der Waals surface area (Å²) in [6.45, 7) is 2.34. The molecule has 2 rings (SSSR count). The predicted molar refractivity (Wildman–Crippen MR) is 79.2 cm³/mol. The Morgan fingerprint density at radius 2 is 1.95 bits per heavy atom. The lowest BCUT2D eigenvalue weighted by atomic mass is 10.1. The van der Waals surface area contributed by atoms with Crippen molar-refractivity contribution in [2.24, 2.45) is 0 Å². The van der Waals surface area contributed by atoms with Crippen molar-refractivity contribution in [2.45, 2.75) is 19.8 Å². The first kappa shape index (κ1) is 15.4. The molecule has 0 aliphatic carbocycles. The van der Waals surface area contributed by atoms with Crippen LogP contribution >= 0.6 is 0 Å². The van der Waals surface area contributed by atoms with E-state index in [4.69, 9.17) is 4.42 Å². The zero-order valence-electron chi connectivity index (χ0n) is 11.7. The fourth-order valence-corrected chi connectivity index (χ4v) is 2.03. The molecule has 1 aromatic carbocycles. The third kappa shape index (κ3) is 2.87. The second-order valence-electron chi connectivity index (χ2n) is 4.59. The minimum atomic E-state index is -1.09. The smallest absolute Gasteiger partial charge is 0.417 e. The summed E-state index contributed by atoms with van der Waals surface area (Å²) in [5.41, 5.74) is -2.07. The van der Waals surface area contributed by atoms with Crippen LogP contribution in [-0.2, 0) is 0 Å². The molecule has 0 aliphatic rings. The molecule has 0 atom stereocenters. The van der Waals surface area contributed by atoms with Crippen LogP contribution in [0.1, 0.15) is 19.8 Å². The number of non-ortho nitro benzene ring substituents is 1. The van der Waals surface area contributed by atoms with Crippen LogP contribution in [0.15, 0.2) is 27.4 Å². The van der Waals surface area contributed by atoms with Crippen molar-refractivity contribution in [3.05, 3.63) is 48.8 Å². The SMILES string of the molecule is CCCCNc1c([N+](=O)[O-])c(=O)oc2ccc([N+](=O)[O-])cc12. The van der Waals surface area contributed by atoms with Gasteiger partial charge in [-0.2, -0.15) is 0 Å². The minimum absolute atomic E-state index is 0.0478. The van der Waals surface area contributed by atoms with Crippen LogP contribution in [0, 0.1) is 20.2 Å². The van der Waals surface area contributed by atoms with E-state index < -0.39 is 21.2 Å². The Kier molecular flexibility index (Phi) is 4.35. The summed E-state index contributed by atoms with van der Waals surface area (Å²) >= 11 is 0. The zero-order valence-corrected chi connectivity index (χ0v) is 11.7. The van der Waals surface area contributed by atoms with E-state index in [1.807, 2.05) is 6.92 Å². The Morgan fingerprint density at radius 1 is 1.23 bits per heavy atom. The molecule has 9 nitrogen and oxygen atoms in total. The number of hydrogen-bond donors (Lipinski definition) is 1. The van der Waals surface area contributed by atoms with Gasteiger partial charge in [0, 0.05) is 18.7 Å². The van der Waals surface area contributed by atoms with E-state index in [9.17, 15) is 25.0 Å². The van der Waals surface area contributed by atoms with Gasteiger partial charge >= 0.3 is 11.3 Å². The molecule has 0 spiro atoms. The van der Waals surface area contributed by atoms with Gasteiger partial charge in [-0.15, -0.1) is 0 Å². The van der Waals surface area contributed by atoms with Crippen molar-refractivity contribution in [3.63, 3.8) is 0 Å². The van der Waals surface area contributed by atoms with Crippen molar-refractivity contribution in [2.75, 3.05) is 11.9 Å². The first-order chi connectivity index (χ1) is 10.5. The molecule has 22 heavy (non-hydrogen) atoms. The van der Waals surface area contributed by atoms with E-state index in [0.29, 0.717) is 6.54 Å². The van der Waals surface area contributed by atoms with Gasteiger partial charge in [0.1, 0.15) is 11.3 Å². The zero-order chi connectivity index (χ0) is 16.3. The number of rotatable bonds is 6. The topological polar surface area (TPSA) is 129 Å². The predicted octanol–water partition coefficient (Wildman–Crippen LogP) is 2.82. The summed E-state index contributed by atoms with van der Waals surface area (Å²) < 4.78 is 4.88. The summed E-state index contributed by atoms with van der Waals surface area (Å²) in [7, 11) is 0. The van der Waals surface area contributed by atoms with Crippen molar-refractivity contribution in [3.8, 4) is 0 Å². The fourth-order valence-electron chi connectivity index (χ4n) is 2.03. The monoisotopic (exact) mass is 307 g/mol. The number of nitrogens with one attached hydrogen (secondary N) is 1. The van der Waals surface area contributed by atoms with Gasteiger partial charge in [0.25, 0.3) is 5.69 Å². The maximum Gasteiger partial charge on any atom is 0.417 e. The lowest BCUT2D eigenvalue weighted by Gasteiger charge is -2.08. The molecule has 0 unspecified atom stereocenters. The first-order valence-corrected chi connectivity index (χ1v) is 6.59. The molecule has 1 heterocycles. The molecule has 0 saturated carbocycles. The highest BCUT2D eigenvalue weighted by molar-refractivity contribution is 5.95. The molecular formula is C13H13N3O6. The summed E-state index contributed by atoms with van der Waals surface area (Å²) in [4.78, 5) is 32.3. The lowest BCUT2D eigenvalue weighted by Crippen LogP contribution is -2.13. The Balaban J connectivity index is 2.72. The molecule has 0 amide bonds. The van der Waals surface area contributed by atoms with Gasteiger partial charge in [-0.25, -0.2) is 4.79 Å². The Bertz CT molecular complexity index is 798. The second-order valence-corrected chi connectivity index (χ2v) is 4.59. The lowest BCUT2D eigenvalue weighted by molar-refractivity contribution is -0.386. The van der Waals surface area contributed by atoms with Crippen LogP contribution in [0.2, 0.25) is 0 Å². The van der Waals surface area contributed by atoms with Gasteiger partial charge < -0.3 is 9.73 Å². The van der Waals surface area contributed by atoms with Crippen LogP contribution in [0.3, 0.4) is 0 Å². The van der Waals surface area contributed by atoms with Crippen LogP contribution in [-0.4, -0.2) is 16.4 Å². The summed E-state index contributed by atoms with van der Waals surface area (Å²) in [5, 5.41) is 24.9. The van der Waals surface area contributed by atoms with E-state index in [2.05, 4.69) is 5.32 Å². The molecule has 0 radical (unpaired) electrons. The Morgan fingerprint density at radius 3 is 2.55 bits per heavy atom. The van der Waals surface area contributed by atoms with Crippen molar-refractivity contribution in [1.29, 1.82) is 0 Å². The highest BCUT2D eigenvalue weighted by Crippen LogP contribution is 2.32. The average molecular weight is 307 g/mol. The van der Waals surface area contributed by atoms with Crippen molar-refractivity contribution < 1.29 is 14.3 Å². The van der Waals surface area contributed by atoms with Gasteiger partial charge in [0.15, 0.2) is 0 Å². The van der Waals surface area contributed by atoms with E-state index in [-0.39, 0.29) is 22.3 Å². The Labute approximate surface area is 123 Å². The van der Waals surface area contributed by atoms with Gasteiger partial charge in [-0.1, -0.05) is 13.3 Å². The Hall–Kier alpha value is -2.97. The van der Waals surface area contributed by atoms with Gasteiger partial charge in [-0.05, 0) is 12.5 Å². The fraction of sp³-hybridized carbons (Fsp3) is 0.308. The van der Waals surface area contributed by atoms with E-state index in [1.165, 1.54) is 12.1 Å². The van der Waals surface area contributed by atoms with Crippen LogP contribution < -0.4 is 10.9 Å². The third-order valence-electron chi connectivity index (χ3n) is 3.09. The quantitative estimate of drug-likeness (QED) is 0.376. The van der Waals surface area contributed by atoms with Crippen molar-refractivity contribution >= 4 is 28.0 Å². The molecule has 2 aromatic rings. The number of nitro groups is 2. The maximum atomic E-state index is 11.8. The number of anilines is 1. The van der Waals surface area contributed by atoms with Crippen LogP contribution in [0.4, 0.5) is 17.1 Å². The third-order valence-corrected chi connectivity index (χ3v) is 3.09. The summed E-state index contributed by atoms with van der Waals surface area (Å²) in [6.07, 6.45) is 1.58. The normalized spacial score (nSPS) is 10.6. The average Bonchev–Trinajstić information content (AvgIpc) is 2.46. The molecule has 0 saturated heterocycles. The number of nitro benzene ring substituents is 1. The maximum absolute atomic E-state index is 11.8. The molecule has 1 N–H and O–H groups in total. The number of nitrogens with zero attached hydrogens (tertiary/aromatic N) is 2. The molecule has 0 bridgehead atoms. The summed E-state index contributed by atoms with van der Waals surface area (Å²) in [5.74, 6) is 0. The first-order valence-electron chi connectivity index (χ1n) is 6.59. The largest absolute Gasteiger partial charge is 0.418 e. The number of benzene rings is 1. The molecule has 1 aromatic heterocycles. The molecule has 0 fully saturated rings. The van der Waals surface area contributed by atoms with Gasteiger partial charge in [0.05, 0.1) is 15.2 Å². The minimum Gasteiger partial charge on any atom is -0.418 e. The van der Waals surface area contributed by atoms with Crippen LogP contribution in [0.25, 0.3) is 11.0 Å². The number of fused-ring (bicyclic) bond motifs is 1. The van der Waals surface area contributed by atoms with E-state index in [0.717, 1.165) is 18.9 Å². The number of hydrogen-bond acceptors (Lipinski definition) is 7.